The van der Waals surface area contributed by atoms with Crippen LogP contribution in [0.1, 0.15) is 57.3 Å². The molecule has 25 heavy (non-hydrogen) atoms. The average molecular weight is 347 g/mol. The van der Waals surface area contributed by atoms with Crippen molar-refractivity contribution in [2.45, 2.75) is 47.0 Å². The highest BCUT2D eigenvalue weighted by Crippen LogP contribution is 2.56. The van der Waals surface area contributed by atoms with Crippen LogP contribution in [0, 0.1) is 26.9 Å². The summed E-state index contributed by atoms with van der Waals surface area (Å²) in [5.41, 5.74) is -0.324. The zero-order valence-electron chi connectivity index (χ0n) is 15.2. The molecule has 1 aliphatic carbocycles. The van der Waals surface area contributed by atoms with Gasteiger partial charge in [0.05, 0.1) is 17.1 Å². The summed E-state index contributed by atoms with van der Waals surface area (Å²) in [5, 5.41) is 10.6. The van der Waals surface area contributed by atoms with Crippen molar-refractivity contribution in [3.8, 4) is 0 Å². The number of carbonyl (C=O) groups is 2. The van der Waals surface area contributed by atoms with Crippen molar-refractivity contribution in [2.24, 2.45) is 16.7 Å². The highest BCUT2D eigenvalue weighted by atomic mass is 16.6. The number of non-ortho nitro benzene ring substituents is 1. The Morgan fingerprint density at radius 3 is 2.32 bits per heavy atom. The maximum atomic E-state index is 12.7. The fraction of sp³-hybridized carbons (Fsp3) is 0.579. The molecule has 0 amide bonds. The van der Waals surface area contributed by atoms with Crippen LogP contribution in [0.15, 0.2) is 24.3 Å². The minimum Gasteiger partial charge on any atom is -0.462 e. The number of nitro benzene ring substituents is 1. The molecule has 6 nitrogen and oxygen atoms in total. The number of ether oxygens (including phenoxy) is 1. The number of benzene rings is 1. The lowest BCUT2D eigenvalue weighted by atomic mass is 9.63. The van der Waals surface area contributed by atoms with E-state index >= 15 is 0 Å². The Kier molecular flexibility index (Phi) is 5.30. The highest BCUT2D eigenvalue weighted by molar-refractivity contribution is 5.90. The van der Waals surface area contributed by atoms with Gasteiger partial charge in [-0.15, -0.1) is 0 Å². The quantitative estimate of drug-likeness (QED) is 0.438. The summed E-state index contributed by atoms with van der Waals surface area (Å²) in [4.78, 5) is 34.8. The number of Topliss-reactive ketones (excluding diaryl/α,β-unsaturated/α-hetero) is 1. The molecule has 1 aliphatic rings. The Labute approximate surface area is 147 Å². The topological polar surface area (TPSA) is 86.5 Å². The van der Waals surface area contributed by atoms with Crippen LogP contribution in [-0.4, -0.2) is 23.3 Å². The molecule has 1 saturated carbocycles. The van der Waals surface area contributed by atoms with Gasteiger partial charge in [0.2, 0.25) is 0 Å². The Morgan fingerprint density at radius 1 is 1.24 bits per heavy atom. The molecule has 1 fully saturated rings. The third-order valence-corrected chi connectivity index (χ3v) is 6.22. The summed E-state index contributed by atoms with van der Waals surface area (Å²) in [6.07, 6.45) is 2.07. The molecule has 0 radical (unpaired) electrons. The molecule has 6 heteroatoms. The van der Waals surface area contributed by atoms with Gasteiger partial charge in [-0.05, 0) is 36.3 Å². The number of rotatable bonds is 6. The molecule has 0 N–H and O–H groups in total. The molecule has 0 saturated heterocycles. The summed E-state index contributed by atoms with van der Waals surface area (Å²) in [6, 6.07) is 5.22. The second-order valence-corrected chi connectivity index (χ2v) is 7.61. The molecular weight excluding hydrogens is 322 g/mol. The van der Waals surface area contributed by atoms with E-state index < -0.39 is 16.3 Å². The number of nitrogens with zero attached hydrogens (tertiary/aromatic N) is 1. The van der Waals surface area contributed by atoms with E-state index in [0.29, 0.717) is 5.92 Å². The van der Waals surface area contributed by atoms with Gasteiger partial charge in [-0.25, -0.2) is 4.79 Å². The van der Waals surface area contributed by atoms with Gasteiger partial charge in [-0.2, -0.15) is 0 Å². The van der Waals surface area contributed by atoms with Gasteiger partial charge in [0, 0.05) is 24.0 Å². The van der Waals surface area contributed by atoms with Gasteiger partial charge in [-0.1, -0.05) is 27.7 Å². The van der Waals surface area contributed by atoms with E-state index in [-0.39, 0.29) is 35.5 Å². The number of carbonyl (C=O) groups excluding carboxylic acids is 2. The first-order chi connectivity index (χ1) is 11.6. The van der Waals surface area contributed by atoms with Crippen LogP contribution in [0.4, 0.5) is 5.69 Å². The molecule has 1 aromatic rings. The van der Waals surface area contributed by atoms with Crippen molar-refractivity contribution in [3.05, 3.63) is 39.9 Å². The lowest BCUT2D eigenvalue weighted by molar-refractivity contribution is -0.384. The van der Waals surface area contributed by atoms with Gasteiger partial charge in [-0.3, -0.25) is 14.9 Å². The normalized spacial score (nSPS) is 24.7. The molecule has 0 spiro atoms. The molecule has 0 aromatic heterocycles. The van der Waals surface area contributed by atoms with Crippen LogP contribution in [0.5, 0.6) is 0 Å². The number of hydrogen-bond donors (Lipinski definition) is 0. The predicted octanol–water partition coefficient (Wildman–Crippen LogP) is 4.17. The van der Waals surface area contributed by atoms with Crippen LogP contribution in [-0.2, 0) is 9.53 Å². The fourth-order valence-corrected chi connectivity index (χ4v) is 3.55. The number of hydrogen-bond acceptors (Lipinski definition) is 5. The largest absolute Gasteiger partial charge is 0.462 e. The molecule has 2 atom stereocenters. The molecule has 0 bridgehead atoms. The average Bonchev–Trinajstić information content (AvgIpc) is 2.78. The number of ketones is 1. The molecular formula is C19H25NO5. The first-order valence-electron chi connectivity index (χ1n) is 8.54. The predicted molar refractivity (Wildman–Crippen MR) is 93.3 cm³/mol. The zero-order valence-corrected chi connectivity index (χ0v) is 15.2. The highest BCUT2D eigenvalue weighted by Gasteiger charge is 2.53. The van der Waals surface area contributed by atoms with Crippen molar-refractivity contribution in [1.82, 2.24) is 0 Å². The molecule has 1 aromatic carbocycles. The van der Waals surface area contributed by atoms with E-state index in [9.17, 15) is 19.7 Å². The van der Waals surface area contributed by atoms with E-state index in [1.54, 1.807) is 0 Å². The first kappa shape index (κ1) is 19.1. The van der Waals surface area contributed by atoms with Crippen molar-refractivity contribution >= 4 is 17.4 Å². The van der Waals surface area contributed by atoms with E-state index in [1.165, 1.54) is 24.3 Å². The minimum absolute atomic E-state index is 0.0225. The van der Waals surface area contributed by atoms with Gasteiger partial charge in [0.1, 0.15) is 5.78 Å². The summed E-state index contributed by atoms with van der Waals surface area (Å²) in [6.45, 7) is 8.47. The van der Waals surface area contributed by atoms with Crippen LogP contribution in [0.3, 0.4) is 0 Å². The zero-order chi connectivity index (χ0) is 18.8. The smallest absolute Gasteiger partial charge is 0.338 e. The number of nitro groups is 1. The van der Waals surface area contributed by atoms with Crippen LogP contribution in [0.25, 0.3) is 0 Å². The molecule has 0 heterocycles. The van der Waals surface area contributed by atoms with Crippen LogP contribution < -0.4 is 0 Å². The molecule has 0 aliphatic heterocycles. The Bertz CT molecular complexity index is 680. The van der Waals surface area contributed by atoms with Crippen molar-refractivity contribution in [2.75, 3.05) is 6.61 Å². The minimum atomic E-state index is -0.577. The van der Waals surface area contributed by atoms with Crippen molar-refractivity contribution in [1.29, 1.82) is 0 Å². The van der Waals surface area contributed by atoms with E-state index in [4.69, 9.17) is 4.74 Å². The van der Waals surface area contributed by atoms with E-state index in [0.717, 1.165) is 12.8 Å². The maximum absolute atomic E-state index is 12.7. The summed E-state index contributed by atoms with van der Waals surface area (Å²) in [5.74, 6) is 0.0226. The maximum Gasteiger partial charge on any atom is 0.338 e. The van der Waals surface area contributed by atoms with Gasteiger partial charge in [0.25, 0.3) is 5.69 Å². The molecule has 136 valence electrons. The number of esters is 1. The van der Waals surface area contributed by atoms with E-state index in [2.05, 4.69) is 20.8 Å². The Morgan fingerprint density at radius 2 is 1.84 bits per heavy atom. The lowest BCUT2D eigenvalue weighted by Gasteiger charge is -2.39. The monoisotopic (exact) mass is 347 g/mol. The van der Waals surface area contributed by atoms with Crippen LogP contribution in [0.2, 0.25) is 0 Å². The third-order valence-electron chi connectivity index (χ3n) is 6.22. The second kappa shape index (κ2) is 6.94. The van der Waals surface area contributed by atoms with Gasteiger partial charge >= 0.3 is 5.97 Å². The Hall–Kier alpha value is -2.24. The van der Waals surface area contributed by atoms with Crippen molar-refractivity contribution < 1.29 is 19.2 Å². The standard InChI is InChI=1S/C19H25NO5/c1-13-9-11-19(4,18(13,2)3)16(21)10-12-25-17(22)14-5-7-15(8-6-14)20(23)24/h5-8,13H,9-12H2,1-4H3/t13-,19-/m0/s1. The first-order valence-corrected chi connectivity index (χ1v) is 8.54. The molecule has 0 unspecified atom stereocenters. The molecule has 2 rings (SSSR count). The third kappa shape index (κ3) is 3.57. The summed E-state index contributed by atoms with van der Waals surface area (Å²) < 4.78 is 5.17. The summed E-state index contributed by atoms with van der Waals surface area (Å²) >= 11 is 0. The SMILES string of the molecule is C[C@H]1CC[C@@](C)(C(=O)CCOC(=O)c2ccc([N+](=O)[O-])cc2)C1(C)C. The van der Waals surface area contributed by atoms with Crippen molar-refractivity contribution in [3.63, 3.8) is 0 Å². The second-order valence-electron chi connectivity index (χ2n) is 7.61. The summed E-state index contributed by atoms with van der Waals surface area (Å²) in [7, 11) is 0. The lowest BCUT2D eigenvalue weighted by Crippen LogP contribution is -2.40. The fourth-order valence-electron chi connectivity index (χ4n) is 3.55. The van der Waals surface area contributed by atoms with E-state index in [1.807, 2.05) is 6.92 Å². The Balaban J connectivity index is 1.91. The van der Waals surface area contributed by atoms with Crippen LogP contribution >= 0.6 is 0 Å². The van der Waals surface area contributed by atoms with Gasteiger partial charge < -0.3 is 4.74 Å². The van der Waals surface area contributed by atoms with Gasteiger partial charge in [0.15, 0.2) is 0 Å².